The summed E-state index contributed by atoms with van der Waals surface area (Å²) in [6, 6.07) is 4.79. The van der Waals surface area contributed by atoms with Crippen LogP contribution in [-0.4, -0.2) is 59.5 Å². The number of carbonyl (C=O) groups excluding carboxylic acids is 1. The van der Waals surface area contributed by atoms with Crippen LogP contribution >= 0.6 is 0 Å². The number of hydrogen-bond donors (Lipinski definition) is 1. The molecule has 178 valence electrons. The van der Waals surface area contributed by atoms with Crippen LogP contribution in [-0.2, 0) is 32.5 Å². The standard InChI is InChI=1S/C20H25N5O7S/c1-5-13-11-17-15(12-14(13)16-7-8-21-23(16)6-2)18(26)24(20(28)25(17)33(4,29)30)22-19(27)32-10-9-31-3/h7-8,11-12H,5-6,9-10H2,1-4H3,(H,22,27). The Hall–Kier alpha value is -3.45. The van der Waals surface area contributed by atoms with Gasteiger partial charge in [0.25, 0.3) is 5.56 Å². The molecule has 0 fully saturated rings. The lowest BCUT2D eigenvalue weighted by atomic mass is 9.99. The number of nitrogens with zero attached hydrogens (tertiary/aromatic N) is 4. The molecule has 0 saturated carbocycles. The van der Waals surface area contributed by atoms with Gasteiger partial charge >= 0.3 is 11.8 Å². The van der Waals surface area contributed by atoms with Gasteiger partial charge in [-0.05, 0) is 37.1 Å². The summed E-state index contributed by atoms with van der Waals surface area (Å²) in [5.41, 5.74) is 1.91. The fourth-order valence-corrected chi connectivity index (χ4v) is 4.35. The van der Waals surface area contributed by atoms with E-state index in [1.807, 2.05) is 19.3 Å². The van der Waals surface area contributed by atoms with Gasteiger partial charge in [0, 0.05) is 25.4 Å². The molecule has 0 aliphatic rings. The van der Waals surface area contributed by atoms with Gasteiger partial charge in [0.1, 0.15) is 6.61 Å². The van der Waals surface area contributed by atoms with Gasteiger partial charge in [0.05, 0.1) is 29.5 Å². The van der Waals surface area contributed by atoms with Gasteiger partial charge < -0.3 is 9.47 Å². The van der Waals surface area contributed by atoms with Crippen molar-refractivity contribution in [3.63, 3.8) is 0 Å². The number of amides is 1. The van der Waals surface area contributed by atoms with Gasteiger partial charge in [-0.2, -0.15) is 13.7 Å². The monoisotopic (exact) mass is 479 g/mol. The highest BCUT2D eigenvalue weighted by molar-refractivity contribution is 7.89. The average molecular weight is 480 g/mol. The molecule has 1 aromatic carbocycles. The van der Waals surface area contributed by atoms with Crippen molar-refractivity contribution in [3.8, 4) is 11.3 Å². The minimum atomic E-state index is -4.15. The molecule has 0 bridgehead atoms. The maximum atomic E-state index is 13.2. The number of rotatable bonds is 8. The molecule has 1 amide bonds. The summed E-state index contributed by atoms with van der Waals surface area (Å²) in [5.74, 6) is 0. The SMILES string of the molecule is CCc1cc2c(cc1-c1ccnn1CC)c(=O)n(NC(=O)OCCOC)c(=O)n2S(C)(=O)=O. The molecule has 3 aromatic rings. The molecule has 1 N–H and O–H groups in total. The first kappa shape index (κ1) is 24.2. The van der Waals surface area contributed by atoms with Crippen LogP contribution < -0.4 is 16.7 Å². The summed E-state index contributed by atoms with van der Waals surface area (Å²) in [6.45, 7) is 4.33. The highest BCUT2D eigenvalue weighted by Gasteiger charge is 2.23. The summed E-state index contributed by atoms with van der Waals surface area (Å²) >= 11 is 0. The van der Waals surface area contributed by atoms with Crippen molar-refractivity contribution < 1.29 is 22.7 Å². The van der Waals surface area contributed by atoms with E-state index < -0.39 is 27.4 Å². The molecule has 0 aliphatic heterocycles. The Balaban J connectivity index is 2.33. The Labute approximate surface area is 189 Å². The molecule has 13 heteroatoms. The topological polar surface area (TPSA) is 144 Å². The van der Waals surface area contributed by atoms with E-state index in [4.69, 9.17) is 9.47 Å². The van der Waals surface area contributed by atoms with Crippen molar-refractivity contribution in [2.75, 3.05) is 32.0 Å². The number of methoxy groups -OCH3 is 1. The summed E-state index contributed by atoms with van der Waals surface area (Å²) in [4.78, 5) is 38.2. The van der Waals surface area contributed by atoms with Crippen LogP contribution in [0.15, 0.2) is 34.0 Å². The van der Waals surface area contributed by atoms with Crippen LogP contribution in [0.4, 0.5) is 4.79 Å². The first-order chi connectivity index (χ1) is 15.6. The minimum absolute atomic E-state index is 0.0757. The lowest BCUT2D eigenvalue weighted by molar-refractivity contribution is 0.105. The van der Waals surface area contributed by atoms with E-state index in [2.05, 4.69) is 5.10 Å². The Morgan fingerprint density at radius 3 is 2.52 bits per heavy atom. The number of aromatic nitrogens is 4. The molecule has 0 unspecified atom stereocenters. The van der Waals surface area contributed by atoms with Gasteiger partial charge in [-0.3, -0.25) is 9.48 Å². The molecule has 3 rings (SSSR count). The van der Waals surface area contributed by atoms with Crippen LogP contribution in [0.1, 0.15) is 19.4 Å². The van der Waals surface area contributed by atoms with E-state index in [1.165, 1.54) is 19.2 Å². The third kappa shape index (κ3) is 4.68. The largest absolute Gasteiger partial charge is 0.446 e. The van der Waals surface area contributed by atoms with Crippen molar-refractivity contribution in [2.45, 2.75) is 26.8 Å². The van der Waals surface area contributed by atoms with Crippen LogP contribution in [0.25, 0.3) is 22.2 Å². The molecule has 0 aliphatic carbocycles. The van der Waals surface area contributed by atoms with Crippen molar-refractivity contribution in [3.05, 3.63) is 50.8 Å². The molecule has 33 heavy (non-hydrogen) atoms. The molecule has 0 atom stereocenters. The first-order valence-corrected chi connectivity index (χ1v) is 12.0. The van der Waals surface area contributed by atoms with Gasteiger partial charge in [0.15, 0.2) is 0 Å². The smallest absolute Gasteiger partial charge is 0.426 e. The quantitative estimate of drug-likeness (QED) is 0.466. The fourth-order valence-electron chi connectivity index (χ4n) is 3.48. The summed E-state index contributed by atoms with van der Waals surface area (Å²) in [5, 5.41) is 4.18. The van der Waals surface area contributed by atoms with Crippen LogP contribution in [0.3, 0.4) is 0 Å². The molecule has 12 nitrogen and oxygen atoms in total. The van der Waals surface area contributed by atoms with E-state index in [0.29, 0.717) is 27.2 Å². The van der Waals surface area contributed by atoms with Gasteiger partial charge in [-0.1, -0.05) is 6.92 Å². The van der Waals surface area contributed by atoms with E-state index >= 15 is 0 Å². The van der Waals surface area contributed by atoms with E-state index in [-0.39, 0.29) is 24.1 Å². The Kier molecular flexibility index (Phi) is 7.03. The van der Waals surface area contributed by atoms with Crippen molar-refractivity contribution >= 4 is 27.0 Å². The predicted octanol–water partition coefficient (Wildman–Crippen LogP) is 0.743. The second kappa shape index (κ2) is 9.58. The number of nitrogens with one attached hydrogen (secondary N) is 1. The molecule has 0 saturated heterocycles. The zero-order chi connectivity index (χ0) is 24.3. The van der Waals surface area contributed by atoms with Gasteiger partial charge in [0.2, 0.25) is 10.0 Å². The van der Waals surface area contributed by atoms with Gasteiger partial charge in [-0.25, -0.2) is 23.4 Å². The number of hydrogen-bond acceptors (Lipinski definition) is 8. The number of benzene rings is 1. The van der Waals surface area contributed by atoms with Crippen molar-refractivity contribution in [1.82, 2.24) is 18.4 Å². The molecule has 0 spiro atoms. The van der Waals surface area contributed by atoms with E-state index in [9.17, 15) is 22.8 Å². The maximum absolute atomic E-state index is 13.2. The summed E-state index contributed by atoms with van der Waals surface area (Å²) < 4.78 is 37.2. The minimum Gasteiger partial charge on any atom is -0.446 e. The van der Waals surface area contributed by atoms with Gasteiger partial charge in [-0.15, -0.1) is 0 Å². The van der Waals surface area contributed by atoms with Crippen LogP contribution in [0.2, 0.25) is 0 Å². The molecule has 2 aromatic heterocycles. The second-order valence-corrected chi connectivity index (χ2v) is 8.93. The third-order valence-corrected chi connectivity index (χ3v) is 5.98. The van der Waals surface area contributed by atoms with Crippen LogP contribution in [0.5, 0.6) is 0 Å². The Morgan fingerprint density at radius 2 is 1.91 bits per heavy atom. The zero-order valence-electron chi connectivity index (χ0n) is 18.7. The van der Waals surface area contributed by atoms with E-state index in [0.717, 1.165) is 17.5 Å². The lowest BCUT2D eigenvalue weighted by Crippen LogP contribution is -2.48. The zero-order valence-corrected chi connectivity index (χ0v) is 19.5. The Morgan fingerprint density at radius 1 is 1.18 bits per heavy atom. The van der Waals surface area contributed by atoms with Crippen molar-refractivity contribution in [1.29, 1.82) is 0 Å². The first-order valence-electron chi connectivity index (χ1n) is 10.1. The highest BCUT2D eigenvalue weighted by Crippen LogP contribution is 2.28. The highest BCUT2D eigenvalue weighted by atomic mass is 32.2. The van der Waals surface area contributed by atoms with E-state index in [1.54, 1.807) is 16.9 Å². The fraction of sp³-hybridized carbons (Fsp3) is 0.400. The maximum Gasteiger partial charge on any atom is 0.426 e. The molecule has 0 radical (unpaired) electrons. The molecular formula is C20H25N5O7S. The third-order valence-electron chi connectivity index (χ3n) is 4.97. The Bertz CT molecular complexity index is 1420. The summed E-state index contributed by atoms with van der Waals surface area (Å²) in [6.07, 6.45) is 1.85. The number of carbonyl (C=O) groups is 1. The number of ether oxygens (including phenoxy) is 2. The average Bonchev–Trinajstić information content (AvgIpc) is 3.24. The number of fused-ring (bicyclic) bond motifs is 1. The van der Waals surface area contributed by atoms with Crippen molar-refractivity contribution in [2.24, 2.45) is 0 Å². The normalized spacial score (nSPS) is 11.6. The lowest BCUT2D eigenvalue weighted by Gasteiger charge is -2.16. The predicted molar refractivity (Wildman–Crippen MR) is 122 cm³/mol. The summed E-state index contributed by atoms with van der Waals surface area (Å²) in [7, 11) is -2.74. The second-order valence-electron chi connectivity index (χ2n) is 7.10. The number of aryl methyl sites for hydroxylation is 2. The van der Waals surface area contributed by atoms with Crippen LogP contribution in [0, 0.1) is 0 Å². The molecule has 2 heterocycles. The molecular weight excluding hydrogens is 454 g/mol.